The van der Waals surface area contributed by atoms with E-state index in [0.717, 1.165) is 24.5 Å². The van der Waals surface area contributed by atoms with E-state index < -0.39 is 0 Å². The minimum Gasteiger partial charge on any atom is -0.508 e. The van der Waals surface area contributed by atoms with Crippen molar-refractivity contribution in [2.45, 2.75) is 32.2 Å². The van der Waals surface area contributed by atoms with Crippen LogP contribution in [0, 0.1) is 0 Å². The lowest BCUT2D eigenvalue weighted by Crippen LogP contribution is -2.37. The molecule has 0 aromatic heterocycles. The molecule has 1 aliphatic rings. The molecule has 1 saturated heterocycles. The van der Waals surface area contributed by atoms with E-state index in [1.165, 1.54) is 31.5 Å². The summed E-state index contributed by atoms with van der Waals surface area (Å²) in [4.78, 5) is 6.65. The molecule has 1 heterocycles. The molecule has 1 fully saturated rings. The minimum atomic E-state index is -0.177. The maximum Gasteiger partial charge on any atom is 0.124 e. The van der Waals surface area contributed by atoms with Crippen LogP contribution in [-0.2, 0) is 0 Å². The van der Waals surface area contributed by atoms with E-state index in [1.807, 2.05) is 20.0 Å². The van der Waals surface area contributed by atoms with Gasteiger partial charge in [-0.15, -0.1) is 0 Å². The number of hydrogen-bond acceptors (Lipinski definition) is 5. The molecule has 0 spiro atoms. The second kappa shape index (κ2) is 10.5. The van der Waals surface area contributed by atoms with Gasteiger partial charge in [-0.1, -0.05) is 0 Å². The maximum absolute atomic E-state index is 9.87. The van der Waals surface area contributed by atoms with Crippen molar-refractivity contribution >= 4 is 5.84 Å². The summed E-state index contributed by atoms with van der Waals surface area (Å²) >= 11 is 0. The summed E-state index contributed by atoms with van der Waals surface area (Å²) in [5.74, 6) is 1.04. The molecule has 134 valence electrons. The first-order valence-electron chi connectivity index (χ1n) is 8.35. The van der Waals surface area contributed by atoms with Gasteiger partial charge < -0.3 is 26.8 Å². The zero-order chi connectivity index (χ0) is 17.9. The predicted molar refractivity (Wildman–Crippen MR) is 102 cm³/mol. The third-order valence-electron chi connectivity index (χ3n) is 4.04. The molecule has 0 saturated carbocycles. The number of allylic oxidation sites excluding steroid dienone is 3. The standard InChI is InChI=1S/C18H31N5O/c1-14(12-15(24)8-7-9-19)18(22-3)16(20)13-17(21-2)23-10-5-4-6-11-23/h7-9,12-13,18,22,24H,4-6,10-11,19-20H2,1-3H3/b9-7+,14-12+,15-8+,16-13?,21-17?. The van der Waals surface area contributed by atoms with Crippen molar-refractivity contribution < 1.29 is 5.11 Å². The second-order valence-electron chi connectivity index (χ2n) is 5.86. The fraction of sp³-hybridized carbons (Fsp3) is 0.500. The van der Waals surface area contributed by atoms with E-state index in [0.29, 0.717) is 5.70 Å². The fourth-order valence-electron chi connectivity index (χ4n) is 2.83. The van der Waals surface area contributed by atoms with E-state index in [2.05, 4.69) is 15.2 Å². The van der Waals surface area contributed by atoms with Crippen molar-refractivity contribution in [3.05, 3.63) is 47.5 Å². The van der Waals surface area contributed by atoms with E-state index in [4.69, 9.17) is 11.5 Å². The Bertz CT molecular complexity index is 540. The summed E-state index contributed by atoms with van der Waals surface area (Å²) in [6, 6.07) is -0.177. The molecule has 0 radical (unpaired) electrons. The number of likely N-dealkylation sites (tertiary alicyclic amines) is 1. The molecule has 6 heteroatoms. The topological polar surface area (TPSA) is 99.9 Å². The number of rotatable bonds is 6. The lowest BCUT2D eigenvalue weighted by atomic mass is 10.0. The Kier molecular flexibility index (Phi) is 8.71. The monoisotopic (exact) mass is 333 g/mol. The van der Waals surface area contributed by atoms with Gasteiger partial charge in [-0.05, 0) is 63.2 Å². The zero-order valence-electron chi connectivity index (χ0n) is 15.0. The molecule has 0 aromatic rings. The van der Waals surface area contributed by atoms with Gasteiger partial charge in [-0.3, -0.25) is 4.99 Å². The van der Waals surface area contributed by atoms with Crippen LogP contribution in [0.4, 0.5) is 0 Å². The number of nitrogens with one attached hydrogen (secondary N) is 1. The molecule has 1 atom stereocenters. The van der Waals surface area contributed by atoms with Gasteiger partial charge in [-0.25, -0.2) is 0 Å². The molecule has 1 unspecified atom stereocenters. The second-order valence-corrected chi connectivity index (χ2v) is 5.86. The first-order valence-corrected chi connectivity index (χ1v) is 8.35. The normalized spacial score (nSPS) is 19.9. The van der Waals surface area contributed by atoms with Crippen LogP contribution in [0.1, 0.15) is 26.2 Å². The summed E-state index contributed by atoms with van der Waals surface area (Å²) < 4.78 is 0. The highest BCUT2D eigenvalue weighted by Gasteiger charge is 2.16. The Labute approximate surface area is 145 Å². The fourth-order valence-corrected chi connectivity index (χ4v) is 2.83. The lowest BCUT2D eigenvalue weighted by Gasteiger charge is -2.29. The molecule has 0 aliphatic carbocycles. The van der Waals surface area contributed by atoms with Crippen LogP contribution in [0.25, 0.3) is 0 Å². The van der Waals surface area contributed by atoms with Gasteiger partial charge >= 0.3 is 0 Å². The summed E-state index contributed by atoms with van der Waals surface area (Å²) in [6.07, 6.45) is 11.7. The molecular formula is C18H31N5O. The summed E-state index contributed by atoms with van der Waals surface area (Å²) in [7, 11) is 3.63. The van der Waals surface area contributed by atoms with Crippen molar-refractivity contribution in [2.24, 2.45) is 16.5 Å². The number of aliphatic imine (C=N–C) groups is 1. The van der Waals surface area contributed by atoms with Gasteiger partial charge in [0.25, 0.3) is 0 Å². The van der Waals surface area contributed by atoms with Crippen molar-refractivity contribution in [1.29, 1.82) is 0 Å². The van der Waals surface area contributed by atoms with Crippen LogP contribution in [0.3, 0.4) is 0 Å². The van der Waals surface area contributed by atoms with Crippen molar-refractivity contribution in [2.75, 3.05) is 27.2 Å². The highest BCUT2D eigenvalue weighted by molar-refractivity contribution is 5.93. The quantitative estimate of drug-likeness (QED) is 0.257. The molecule has 1 rings (SSSR count). The van der Waals surface area contributed by atoms with Crippen LogP contribution in [0.2, 0.25) is 0 Å². The number of amidine groups is 1. The van der Waals surface area contributed by atoms with Gasteiger partial charge in [0, 0.05) is 31.9 Å². The van der Waals surface area contributed by atoms with E-state index in [1.54, 1.807) is 19.2 Å². The number of nitrogens with two attached hydrogens (primary N) is 2. The molecule has 0 aromatic carbocycles. The van der Waals surface area contributed by atoms with Gasteiger partial charge in [0.15, 0.2) is 0 Å². The van der Waals surface area contributed by atoms with Gasteiger partial charge in [0.2, 0.25) is 0 Å². The van der Waals surface area contributed by atoms with Crippen molar-refractivity contribution in [3.63, 3.8) is 0 Å². The average Bonchev–Trinajstić information content (AvgIpc) is 2.59. The first-order chi connectivity index (χ1) is 11.5. The van der Waals surface area contributed by atoms with Gasteiger partial charge in [0.05, 0.1) is 6.04 Å². The van der Waals surface area contributed by atoms with Gasteiger partial charge in [0.1, 0.15) is 11.6 Å². The molecule has 0 amide bonds. The largest absolute Gasteiger partial charge is 0.508 e. The highest BCUT2D eigenvalue weighted by atomic mass is 16.3. The third kappa shape index (κ3) is 6.12. The SMILES string of the molecule is CN=C(C=C(N)C(NC)/C(C)=C/C(O)=C\C=C\N)N1CCCCC1. The first kappa shape index (κ1) is 19.8. The van der Waals surface area contributed by atoms with E-state index >= 15 is 0 Å². The van der Waals surface area contributed by atoms with Crippen LogP contribution in [0.15, 0.2) is 52.5 Å². The molecular weight excluding hydrogens is 302 g/mol. The predicted octanol–water partition coefficient (Wildman–Crippen LogP) is 1.79. The Morgan fingerprint density at radius 1 is 1.25 bits per heavy atom. The Balaban J connectivity index is 2.94. The number of aliphatic hydroxyl groups is 1. The van der Waals surface area contributed by atoms with Gasteiger partial charge in [-0.2, -0.15) is 0 Å². The Morgan fingerprint density at radius 2 is 1.92 bits per heavy atom. The number of hydrogen-bond donors (Lipinski definition) is 4. The number of piperidine rings is 1. The minimum absolute atomic E-state index is 0.127. The Morgan fingerprint density at radius 3 is 2.46 bits per heavy atom. The smallest absolute Gasteiger partial charge is 0.124 e. The van der Waals surface area contributed by atoms with Crippen LogP contribution >= 0.6 is 0 Å². The molecule has 0 bridgehead atoms. The number of aliphatic hydroxyl groups excluding tert-OH is 1. The lowest BCUT2D eigenvalue weighted by molar-refractivity contribution is 0.343. The number of nitrogens with zero attached hydrogens (tertiary/aromatic N) is 2. The van der Waals surface area contributed by atoms with Crippen LogP contribution < -0.4 is 16.8 Å². The van der Waals surface area contributed by atoms with Crippen molar-refractivity contribution in [1.82, 2.24) is 10.2 Å². The summed E-state index contributed by atoms with van der Waals surface area (Å²) in [5, 5.41) is 13.0. The van der Waals surface area contributed by atoms with Crippen LogP contribution in [0.5, 0.6) is 0 Å². The molecule has 24 heavy (non-hydrogen) atoms. The van der Waals surface area contributed by atoms with Crippen LogP contribution in [-0.4, -0.2) is 49.1 Å². The highest BCUT2D eigenvalue weighted by Crippen LogP contribution is 2.14. The Hall–Kier alpha value is -2.21. The van der Waals surface area contributed by atoms with E-state index in [-0.39, 0.29) is 11.8 Å². The molecule has 6 N–H and O–H groups in total. The number of likely N-dealkylation sites (N-methyl/N-ethyl adjacent to an activating group) is 1. The molecule has 6 nitrogen and oxygen atoms in total. The summed E-state index contributed by atoms with van der Waals surface area (Å²) in [6.45, 7) is 3.95. The average molecular weight is 333 g/mol. The third-order valence-corrected chi connectivity index (χ3v) is 4.04. The van der Waals surface area contributed by atoms with E-state index in [9.17, 15) is 5.11 Å². The summed E-state index contributed by atoms with van der Waals surface area (Å²) in [5.41, 5.74) is 13.1. The molecule has 1 aliphatic heterocycles. The van der Waals surface area contributed by atoms with Crippen molar-refractivity contribution in [3.8, 4) is 0 Å². The zero-order valence-corrected chi connectivity index (χ0v) is 15.0. The maximum atomic E-state index is 9.87.